The Kier molecular flexibility index (Phi) is 9.98. The number of hydrogen-bond acceptors (Lipinski definition) is 8. The molecule has 0 bridgehead atoms. The fourth-order valence-corrected chi connectivity index (χ4v) is 2.45. The van der Waals surface area contributed by atoms with E-state index in [-0.39, 0.29) is 68.9 Å². The van der Waals surface area contributed by atoms with Crippen molar-refractivity contribution < 1.29 is 85.1 Å². The van der Waals surface area contributed by atoms with Gasteiger partial charge in [0, 0.05) is 0 Å². The summed E-state index contributed by atoms with van der Waals surface area (Å²) < 4.78 is 64.5. The van der Waals surface area contributed by atoms with Crippen LogP contribution in [0.1, 0.15) is 0 Å². The summed E-state index contributed by atoms with van der Waals surface area (Å²) in [5.74, 6) is 0. The summed E-state index contributed by atoms with van der Waals surface area (Å²) in [6.45, 7) is 0. The SMILES string of the molecule is O=S(=O)([O-])c1ccc(/N=N/Nc2ccc(S(=O)(=O)[O-])cc2)cc1.[Na+].[Na+]. The molecule has 25 heavy (non-hydrogen) atoms. The summed E-state index contributed by atoms with van der Waals surface area (Å²) in [7, 11) is -9.02. The van der Waals surface area contributed by atoms with Crippen LogP contribution in [-0.2, 0) is 20.2 Å². The van der Waals surface area contributed by atoms with Crippen molar-refractivity contribution in [3.05, 3.63) is 48.5 Å². The Bertz CT molecular complexity index is 930. The van der Waals surface area contributed by atoms with Crippen LogP contribution < -0.4 is 64.5 Å². The van der Waals surface area contributed by atoms with E-state index in [0.717, 1.165) is 24.3 Å². The van der Waals surface area contributed by atoms with E-state index in [1.807, 2.05) is 0 Å². The number of nitrogens with one attached hydrogen (secondary N) is 1. The smallest absolute Gasteiger partial charge is 0.744 e. The molecule has 0 radical (unpaired) electrons. The number of nitrogens with zero attached hydrogens (tertiary/aromatic N) is 2. The molecule has 9 nitrogen and oxygen atoms in total. The predicted octanol–water partition coefficient (Wildman–Crippen LogP) is -4.39. The Morgan fingerprint density at radius 1 is 0.720 bits per heavy atom. The maximum Gasteiger partial charge on any atom is 1.00 e. The van der Waals surface area contributed by atoms with Crippen molar-refractivity contribution in [1.29, 1.82) is 0 Å². The van der Waals surface area contributed by atoms with Crippen LogP contribution in [-0.4, -0.2) is 25.9 Å². The van der Waals surface area contributed by atoms with E-state index in [2.05, 4.69) is 15.8 Å². The van der Waals surface area contributed by atoms with Crippen LogP contribution >= 0.6 is 0 Å². The van der Waals surface area contributed by atoms with Gasteiger partial charge >= 0.3 is 59.1 Å². The molecule has 1 N–H and O–H groups in total. The number of rotatable bonds is 5. The van der Waals surface area contributed by atoms with Gasteiger partial charge in [-0.05, 0) is 48.5 Å². The van der Waals surface area contributed by atoms with Gasteiger partial charge in [-0.2, -0.15) is 0 Å². The van der Waals surface area contributed by atoms with Crippen LogP contribution in [0.5, 0.6) is 0 Å². The molecule has 2 aromatic carbocycles. The molecule has 122 valence electrons. The first-order valence-electron chi connectivity index (χ1n) is 5.95. The van der Waals surface area contributed by atoms with E-state index in [9.17, 15) is 25.9 Å². The van der Waals surface area contributed by atoms with Gasteiger partial charge in [0.1, 0.15) is 20.2 Å². The van der Waals surface area contributed by atoms with Gasteiger partial charge in [-0.1, -0.05) is 5.22 Å². The van der Waals surface area contributed by atoms with Crippen LogP contribution in [0.15, 0.2) is 68.7 Å². The predicted molar refractivity (Wildman–Crippen MR) is 76.9 cm³/mol. The molecule has 2 rings (SSSR count). The summed E-state index contributed by atoms with van der Waals surface area (Å²) >= 11 is 0. The van der Waals surface area contributed by atoms with E-state index in [4.69, 9.17) is 0 Å². The Hall–Kier alpha value is -0.340. The third kappa shape index (κ3) is 7.83. The maximum atomic E-state index is 10.8. The molecule has 0 amide bonds. The number of anilines is 1. The summed E-state index contributed by atoms with van der Waals surface area (Å²) in [5, 5.41) is 7.35. The van der Waals surface area contributed by atoms with Gasteiger partial charge in [0.15, 0.2) is 0 Å². The summed E-state index contributed by atoms with van der Waals surface area (Å²) in [4.78, 5) is -0.742. The second kappa shape index (κ2) is 10.1. The zero-order chi connectivity index (χ0) is 17.1. The molecule has 0 saturated carbocycles. The van der Waals surface area contributed by atoms with E-state index < -0.39 is 20.2 Å². The molecule has 0 atom stereocenters. The average molecular weight is 401 g/mol. The standard InChI is InChI=1S/C12H11N3O6S2.2Na/c16-22(17,18)11-5-1-9(2-6-11)13-15-14-10-3-7-12(8-4-10)23(19,20)21;;/h1-8H,(H,13,14)(H,16,17,18)(H,19,20,21);;/q;2*+1/p-2. The van der Waals surface area contributed by atoms with Crippen LogP contribution in [0.2, 0.25) is 0 Å². The van der Waals surface area contributed by atoms with Gasteiger partial charge in [0.25, 0.3) is 0 Å². The fourth-order valence-electron chi connectivity index (χ4n) is 1.52. The Morgan fingerprint density at radius 2 is 1.12 bits per heavy atom. The summed E-state index contributed by atoms with van der Waals surface area (Å²) in [5.41, 5.74) is 3.18. The molecule has 2 aromatic rings. The molecular formula is C12H9N3Na2O6S2. The summed E-state index contributed by atoms with van der Waals surface area (Å²) in [6, 6.07) is 9.69. The molecule has 0 fully saturated rings. The van der Waals surface area contributed by atoms with Gasteiger partial charge in [-0.3, -0.25) is 5.43 Å². The molecule has 0 unspecified atom stereocenters. The van der Waals surface area contributed by atoms with Crippen molar-refractivity contribution in [2.45, 2.75) is 9.79 Å². The zero-order valence-corrected chi connectivity index (χ0v) is 18.9. The Balaban J connectivity index is 0.00000288. The van der Waals surface area contributed by atoms with Crippen LogP contribution in [0, 0.1) is 0 Å². The molecular weight excluding hydrogens is 392 g/mol. The first-order valence-corrected chi connectivity index (χ1v) is 8.76. The van der Waals surface area contributed by atoms with Gasteiger partial charge in [0.05, 0.1) is 21.2 Å². The van der Waals surface area contributed by atoms with Gasteiger partial charge in [-0.15, -0.1) is 5.11 Å². The first-order chi connectivity index (χ1) is 10.7. The zero-order valence-electron chi connectivity index (χ0n) is 13.3. The van der Waals surface area contributed by atoms with Gasteiger partial charge in [0.2, 0.25) is 0 Å². The third-order valence-corrected chi connectivity index (χ3v) is 4.31. The van der Waals surface area contributed by atoms with E-state index in [1.54, 1.807) is 0 Å². The Morgan fingerprint density at radius 3 is 1.52 bits per heavy atom. The topological polar surface area (TPSA) is 151 Å². The van der Waals surface area contributed by atoms with E-state index in [1.165, 1.54) is 24.3 Å². The molecule has 13 heteroatoms. The van der Waals surface area contributed by atoms with E-state index in [0.29, 0.717) is 11.4 Å². The van der Waals surface area contributed by atoms with Crippen LogP contribution in [0.4, 0.5) is 11.4 Å². The maximum absolute atomic E-state index is 10.8. The fraction of sp³-hybridized carbons (Fsp3) is 0. The molecule has 0 aliphatic carbocycles. The van der Waals surface area contributed by atoms with Gasteiger partial charge in [-0.25, -0.2) is 16.8 Å². The third-order valence-electron chi connectivity index (χ3n) is 2.61. The second-order valence-corrected chi connectivity index (χ2v) is 7.00. The largest absolute Gasteiger partial charge is 1.00 e. The number of hydrogen-bond donors (Lipinski definition) is 1. The van der Waals surface area contributed by atoms with Crippen molar-refractivity contribution in [3.8, 4) is 0 Å². The molecule has 0 spiro atoms. The minimum atomic E-state index is -4.51. The van der Waals surface area contributed by atoms with Crippen molar-refractivity contribution in [2.75, 3.05) is 5.43 Å². The van der Waals surface area contributed by atoms with Crippen molar-refractivity contribution in [3.63, 3.8) is 0 Å². The molecule has 0 saturated heterocycles. The van der Waals surface area contributed by atoms with Crippen molar-refractivity contribution >= 4 is 31.6 Å². The molecule has 0 heterocycles. The molecule has 0 aliphatic heterocycles. The van der Waals surface area contributed by atoms with Crippen LogP contribution in [0.3, 0.4) is 0 Å². The minimum Gasteiger partial charge on any atom is -0.744 e. The monoisotopic (exact) mass is 401 g/mol. The first kappa shape index (κ1) is 24.7. The molecule has 0 aliphatic rings. The minimum absolute atomic E-state index is 0. The molecule has 0 aromatic heterocycles. The average Bonchev–Trinajstić information content (AvgIpc) is 2.46. The normalized spacial score (nSPS) is 11.4. The quantitative estimate of drug-likeness (QED) is 0.230. The van der Waals surface area contributed by atoms with E-state index >= 15 is 0 Å². The van der Waals surface area contributed by atoms with Crippen LogP contribution in [0.25, 0.3) is 0 Å². The number of benzene rings is 2. The van der Waals surface area contributed by atoms with Crippen molar-refractivity contribution in [1.82, 2.24) is 0 Å². The Labute approximate surface area is 189 Å². The van der Waals surface area contributed by atoms with Crippen molar-refractivity contribution in [2.24, 2.45) is 10.3 Å². The second-order valence-electron chi connectivity index (χ2n) is 4.24. The van der Waals surface area contributed by atoms with Gasteiger partial charge < -0.3 is 9.11 Å². The summed E-state index contributed by atoms with van der Waals surface area (Å²) in [6.07, 6.45) is 0.